The van der Waals surface area contributed by atoms with Crippen LogP contribution in [0.15, 0.2) is 59.0 Å². The Bertz CT molecular complexity index is 1140. The number of hydrogen-bond acceptors (Lipinski definition) is 4. The van der Waals surface area contributed by atoms with Crippen LogP contribution >= 0.6 is 0 Å². The molecule has 1 aromatic heterocycles. The van der Waals surface area contributed by atoms with E-state index in [2.05, 4.69) is 17.2 Å². The average molecular weight is 442 g/mol. The third-order valence-electron chi connectivity index (χ3n) is 4.89. The summed E-state index contributed by atoms with van der Waals surface area (Å²) in [5.74, 6) is 6.85. The molecule has 0 bridgehead atoms. The molecular formula is C24H19F3NO4. The Labute approximate surface area is 182 Å². The molecule has 2 atom stereocenters. The lowest BCUT2D eigenvalue weighted by Crippen LogP contribution is -2.20. The van der Waals surface area contributed by atoms with Crippen molar-refractivity contribution < 1.29 is 31.9 Å². The monoisotopic (exact) mass is 442 g/mol. The maximum absolute atomic E-state index is 12.9. The van der Waals surface area contributed by atoms with Crippen LogP contribution in [0.5, 0.6) is 5.75 Å². The van der Waals surface area contributed by atoms with E-state index in [4.69, 9.17) is 13.9 Å². The van der Waals surface area contributed by atoms with Crippen LogP contribution in [-0.2, 0) is 10.9 Å². The van der Waals surface area contributed by atoms with E-state index in [1.807, 2.05) is 6.07 Å². The molecule has 3 aromatic rings. The van der Waals surface area contributed by atoms with E-state index in [0.29, 0.717) is 41.7 Å². The number of hydrogen-bond donors (Lipinski definition) is 0. The fourth-order valence-electron chi connectivity index (χ4n) is 3.36. The number of carbonyl (C=O) groups excluding carboxylic acids is 1. The van der Waals surface area contributed by atoms with Crippen LogP contribution in [0, 0.1) is 11.8 Å². The first-order chi connectivity index (χ1) is 15.4. The average Bonchev–Trinajstić information content (AvgIpc) is 3.40. The van der Waals surface area contributed by atoms with E-state index in [-0.39, 0.29) is 18.8 Å². The van der Waals surface area contributed by atoms with Crippen LogP contribution in [0.2, 0.25) is 0 Å². The molecule has 8 heteroatoms. The van der Waals surface area contributed by atoms with E-state index in [9.17, 15) is 18.0 Å². The summed E-state index contributed by atoms with van der Waals surface area (Å²) in [5.41, 5.74) is -0.332. The zero-order valence-electron chi connectivity index (χ0n) is 16.9. The van der Waals surface area contributed by atoms with Crippen molar-refractivity contribution in [3.05, 3.63) is 65.9 Å². The number of carbonyl (C=O) groups is 1. The second-order valence-corrected chi connectivity index (χ2v) is 7.22. The molecule has 0 unspecified atom stereocenters. The molecule has 5 nitrogen and oxygen atoms in total. The van der Waals surface area contributed by atoms with Gasteiger partial charge < -0.3 is 13.9 Å². The lowest BCUT2D eigenvalue weighted by atomic mass is 10.1. The van der Waals surface area contributed by atoms with Crippen molar-refractivity contribution in [1.29, 1.82) is 0 Å². The molecule has 2 aromatic carbocycles. The molecule has 0 spiro atoms. The van der Waals surface area contributed by atoms with Gasteiger partial charge in [0.05, 0.1) is 12.1 Å². The molecule has 1 amide bonds. The summed E-state index contributed by atoms with van der Waals surface area (Å²) in [5, 5.41) is 4.18. The molecule has 165 valence electrons. The minimum atomic E-state index is -4.40. The molecule has 32 heavy (non-hydrogen) atoms. The lowest BCUT2D eigenvalue weighted by molar-refractivity contribution is -0.137. The number of amides is 1. The third-order valence-corrected chi connectivity index (χ3v) is 4.89. The predicted octanol–water partition coefficient (Wildman–Crippen LogP) is 5.87. The largest absolute Gasteiger partial charge is 0.458 e. The van der Waals surface area contributed by atoms with Crippen molar-refractivity contribution in [2.45, 2.75) is 37.6 Å². The fourth-order valence-corrected chi connectivity index (χ4v) is 3.36. The van der Waals surface area contributed by atoms with Gasteiger partial charge in [-0.1, -0.05) is 30.0 Å². The Morgan fingerprint density at radius 3 is 2.72 bits per heavy atom. The van der Waals surface area contributed by atoms with E-state index < -0.39 is 17.8 Å². The first-order valence-corrected chi connectivity index (χ1v) is 10.1. The number of ether oxygens (including phenoxy) is 2. The van der Waals surface area contributed by atoms with Crippen LogP contribution in [0.4, 0.5) is 18.0 Å². The van der Waals surface area contributed by atoms with Gasteiger partial charge in [-0.05, 0) is 49.2 Å². The normalized spacial score (nSPS) is 18.2. The van der Waals surface area contributed by atoms with Crippen LogP contribution in [-0.4, -0.2) is 18.7 Å². The Kier molecular flexibility index (Phi) is 6.37. The van der Waals surface area contributed by atoms with Gasteiger partial charge in [0.2, 0.25) is 0 Å². The molecule has 1 fully saturated rings. The number of nitrogens with zero attached hydrogens (tertiary/aromatic N) is 1. The number of fused-ring (bicyclic) bond motifs is 1. The second-order valence-electron chi connectivity index (χ2n) is 7.22. The zero-order chi connectivity index (χ0) is 22.6. The number of alkyl halides is 3. The van der Waals surface area contributed by atoms with E-state index in [1.54, 1.807) is 30.3 Å². The van der Waals surface area contributed by atoms with Crippen molar-refractivity contribution in [3.8, 4) is 17.6 Å². The summed E-state index contributed by atoms with van der Waals surface area (Å²) in [4.78, 5) is 11.6. The summed E-state index contributed by atoms with van der Waals surface area (Å²) in [6, 6.07) is 13.6. The fraction of sp³-hybridized carbons (Fsp3) is 0.292. The second kappa shape index (κ2) is 9.37. The zero-order valence-corrected chi connectivity index (χ0v) is 16.9. The summed E-state index contributed by atoms with van der Waals surface area (Å²) in [7, 11) is 0. The van der Waals surface area contributed by atoms with Crippen molar-refractivity contribution in [2.75, 3.05) is 6.54 Å². The quantitative estimate of drug-likeness (QED) is 0.375. The molecule has 0 aliphatic carbocycles. The summed E-state index contributed by atoms with van der Waals surface area (Å²) >= 11 is 0. The van der Waals surface area contributed by atoms with Crippen molar-refractivity contribution >= 4 is 17.1 Å². The van der Waals surface area contributed by atoms with Gasteiger partial charge in [-0.3, -0.25) is 0 Å². The van der Waals surface area contributed by atoms with Crippen LogP contribution < -0.4 is 10.1 Å². The van der Waals surface area contributed by atoms with Gasteiger partial charge in [0, 0.05) is 11.8 Å². The minimum Gasteiger partial charge on any atom is -0.458 e. The highest BCUT2D eigenvalue weighted by Crippen LogP contribution is 2.37. The van der Waals surface area contributed by atoms with Crippen LogP contribution in [0.3, 0.4) is 0 Å². The van der Waals surface area contributed by atoms with Crippen molar-refractivity contribution in [2.24, 2.45) is 0 Å². The van der Waals surface area contributed by atoms with Gasteiger partial charge in [0.1, 0.15) is 29.3 Å². The minimum absolute atomic E-state index is 0.208. The SMILES string of the molecule is O=C([N]CCC#C[C@@H]1CC[C@H](c2cc3cc(C(F)(F)F)ccc3o2)O1)Oc1ccccc1. The smallest absolute Gasteiger partial charge is 0.434 e. The predicted molar refractivity (Wildman–Crippen MR) is 110 cm³/mol. The first-order valence-electron chi connectivity index (χ1n) is 10.1. The Balaban J connectivity index is 1.25. The van der Waals surface area contributed by atoms with Gasteiger partial charge in [-0.15, -0.1) is 0 Å². The van der Waals surface area contributed by atoms with E-state index in [1.165, 1.54) is 6.07 Å². The van der Waals surface area contributed by atoms with Crippen LogP contribution in [0.1, 0.15) is 36.7 Å². The third kappa shape index (κ3) is 5.42. The number of halogens is 3. The Morgan fingerprint density at radius 2 is 1.94 bits per heavy atom. The molecule has 1 saturated heterocycles. The number of para-hydroxylation sites is 1. The van der Waals surface area contributed by atoms with Crippen LogP contribution in [0.25, 0.3) is 11.0 Å². The van der Waals surface area contributed by atoms with E-state index >= 15 is 0 Å². The van der Waals surface area contributed by atoms with Gasteiger partial charge in [-0.2, -0.15) is 13.2 Å². The number of rotatable bonds is 4. The highest BCUT2D eigenvalue weighted by Gasteiger charge is 2.32. The van der Waals surface area contributed by atoms with Crippen molar-refractivity contribution in [1.82, 2.24) is 5.32 Å². The molecule has 0 N–H and O–H groups in total. The van der Waals surface area contributed by atoms with Gasteiger partial charge in [-0.25, -0.2) is 10.1 Å². The van der Waals surface area contributed by atoms with Gasteiger partial charge in [0.15, 0.2) is 0 Å². The molecule has 0 saturated carbocycles. The topological polar surface area (TPSA) is 62.8 Å². The lowest BCUT2D eigenvalue weighted by Gasteiger charge is -2.06. The molecule has 2 heterocycles. The Hall–Kier alpha value is -3.44. The highest BCUT2D eigenvalue weighted by atomic mass is 19.4. The van der Waals surface area contributed by atoms with Gasteiger partial charge in [0.25, 0.3) is 0 Å². The molecule has 1 aliphatic rings. The number of furan rings is 1. The van der Waals surface area contributed by atoms with Gasteiger partial charge >= 0.3 is 12.3 Å². The maximum atomic E-state index is 12.9. The highest BCUT2D eigenvalue weighted by molar-refractivity contribution is 5.79. The number of benzene rings is 2. The molecule has 1 radical (unpaired) electrons. The standard InChI is InChI=1S/C24H19F3NO4/c25-24(26,27)17-9-11-20-16(14-17)15-22(32-20)21-12-10-19(30-21)8-4-5-13-28-23(29)31-18-6-2-1-3-7-18/h1-3,6-7,9,11,14-15,19,21H,5,10,12-13H2/t19-,21-/m1/s1. The first kappa shape index (κ1) is 21.8. The van der Waals surface area contributed by atoms with Crippen molar-refractivity contribution in [3.63, 3.8) is 0 Å². The molecular weight excluding hydrogens is 423 g/mol. The molecule has 4 rings (SSSR count). The molecule has 1 aliphatic heterocycles. The summed E-state index contributed by atoms with van der Waals surface area (Å²) in [6.45, 7) is 0.208. The Morgan fingerprint density at radius 1 is 1.12 bits per heavy atom. The van der Waals surface area contributed by atoms with E-state index in [0.717, 1.165) is 12.1 Å². The summed E-state index contributed by atoms with van der Waals surface area (Å²) in [6.07, 6.45) is -4.04. The summed E-state index contributed by atoms with van der Waals surface area (Å²) < 4.78 is 55.3. The maximum Gasteiger partial charge on any atom is 0.434 e.